The average molecular weight is 435 g/mol. The van der Waals surface area contributed by atoms with Gasteiger partial charge in [0.25, 0.3) is 0 Å². The Morgan fingerprint density at radius 1 is 1.14 bits per heavy atom. The summed E-state index contributed by atoms with van der Waals surface area (Å²) < 4.78 is 26.4. The summed E-state index contributed by atoms with van der Waals surface area (Å²) in [5, 5.41) is 2.91. The van der Waals surface area contributed by atoms with Crippen LogP contribution in [0.15, 0.2) is 48.5 Å². The molecule has 0 aliphatic rings. The molecule has 2 aromatic rings. The van der Waals surface area contributed by atoms with Crippen molar-refractivity contribution in [1.82, 2.24) is 5.32 Å². The lowest BCUT2D eigenvalue weighted by Crippen LogP contribution is -2.50. The second kappa shape index (κ2) is 10.7. The van der Waals surface area contributed by atoms with Gasteiger partial charge in [-0.05, 0) is 43.0 Å². The van der Waals surface area contributed by atoms with Gasteiger partial charge in [-0.25, -0.2) is 8.42 Å². The Labute approximate surface area is 178 Å². The number of nitrogens with zero attached hydrogens (tertiary/aromatic N) is 1. The molecule has 2 aromatic carbocycles. The van der Waals surface area contributed by atoms with Crippen LogP contribution in [0, 0.1) is 13.8 Å². The molecule has 0 aromatic heterocycles. The first-order valence-corrected chi connectivity index (χ1v) is 12.7. The molecule has 0 saturated heterocycles. The molecular weight excluding hydrogens is 404 g/mol. The number of benzene rings is 2. The van der Waals surface area contributed by atoms with Crippen LogP contribution in [-0.2, 0) is 20.6 Å². The fraction of sp³-hybridized carbons (Fsp3) is 0.409. The van der Waals surface area contributed by atoms with E-state index in [9.17, 15) is 13.2 Å². The maximum Gasteiger partial charge on any atom is 0.243 e. The highest BCUT2D eigenvalue weighted by molar-refractivity contribution is 7.98. The first-order valence-electron chi connectivity index (χ1n) is 9.70. The van der Waals surface area contributed by atoms with Gasteiger partial charge in [-0.15, -0.1) is 0 Å². The summed E-state index contributed by atoms with van der Waals surface area (Å²) in [6, 6.07) is 15.0. The van der Waals surface area contributed by atoms with Gasteiger partial charge in [0.05, 0.1) is 11.9 Å². The van der Waals surface area contributed by atoms with Gasteiger partial charge in [0.1, 0.15) is 6.04 Å². The lowest BCUT2D eigenvalue weighted by Gasteiger charge is -2.31. The monoisotopic (exact) mass is 434 g/mol. The normalized spacial score (nSPS) is 12.4. The summed E-state index contributed by atoms with van der Waals surface area (Å²) >= 11 is 1.74. The molecule has 0 aliphatic carbocycles. The van der Waals surface area contributed by atoms with Gasteiger partial charge in [0.15, 0.2) is 0 Å². The lowest BCUT2D eigenvalue weighted by atomic mass is 10.1. The first-order chi connectivity index (χ1) is 13.7. The summed E-state index contributed by atoms with van der Waals surface area (Å²) in [6.07, 6.45) is 1.55. The predicted molar refractivity (Wildman–Crippen MR) is 123 cm³/mol. The highest BCUT2D eigenvalue weighted by atomic mass is 32.2. The maximum atomic E-state index is 12.8. The van der Waals surface area contributed by atoms with Crippen LogP contribution >= 0.6 is 11.8 Å². The van der Waals surface area contributed by atoms with Crippen LogP contribution in [0.3, 0.4) is 0 Å². The molecule has 2 rings (SSSR count). The van der Waals surface area contributed by atoms with Crippen LogP contribution in [0.25, 0.3) is 0 Å². The SMILES string of the molecule is CC[C@@H](C(=O)NCCSCc1ccccc1)N(c1cc(C)ccc1C)S(C)(=O)=O. The first kappa shape index (κ1) is 23.3. The third-order valence-corrected chi connectivity index (χ3v) is 6.79. The Morgan fingerprint density at radius 3 is 2.45 bits per heavy atom. The number of amides is 1. The summed E-state index contributed by atoms with van der Waals surface area (Å²) in [4.78, 5) is 12.8. The molecule has 0 fully saturated rings. The van der Waals surface area contributed by atoms with E-state index in [1.807, 2.05) is 57.2 Å². The smallest absolute Gasteiger partial charge is 0.243 e. The minimum atomic E-state index is -3.62. The minimum Gasteiger partial charge on any atom is -0.353 e. The second-order valence-electron chi connectivity index (χ2n) is 7.10. The van der Waals surface area contributed by atoms with Crippen molar-refractivity contribution in [3.8, 4) is 0 Å². The maximum absolute atomic E-state index is 12.8. The molecule has 158 valence electrons. The van der Waals surface area contributed by atoms with E-state index in [-0.39, 0.29) is 5.91 Å². The van der Waals surface area contributed by atoms with Crippen LogP contribution in [0.4, 0.5) is 5.69 Å². The van der Waals surface area contributed by atoms with Crippen molar-refractivity contribution in [3.63, 3.8) is 0 Å². The van der Waals surface area contributed by atoms with Crippen LogP contribution < -0.4 is 9.62 Å². The van der Waals surface area contributed by atoms with Crippen molar-refractivity contribution in [2.75, 3.05) is 22.9 Å². The molecule has 1 N–H and O–H groups in total. The number of aryl methyl sites for hydroxylation is 2. The van der Waals surface area contributed by atoms with Gasteiger partial charge in [-0.2, -0.15) is 11.8 Å². The standard InChI is InChI=1S/C22H30N2O3S2/c1-5-20(22(25)23-13-14-28-16-19-9-7-6-8-10-19)24(29(4,26)27)21-15-17(2)11-12-18(21)3/h6-12,15,20H,5,13-14,16H2,1-4H3,(H,23,25)/t20-/m0/s1. The number of sulfonamides is 1. The van der Waals surface area contributed by atoms with E-state index >= 15 is 0 Å². The Kier molecular flexibility index (Phi) is 8.59. The molecule has 7 heteroatoms. The zero-order valence-electron chi connectivity index (χ0n) is 17.5. The van der Waals surface area contributed by atoms with Crippen LogP contribution in [0.5, 0.6) is 0 Å². The van der Waals surface area contributed by atoms with E-state index in [2.05, 4.69) is 17.4 Å². The molecule has 0 heterocycles. The lowest BCUT2D eigenvalue weighted by molar-refractivity contribution is -0.122. The molecule has 0 spiro atoms. The number of hydrogen-bond acceptors (Lipinski definition) is 4. The molecule has 0 bridgehead atoms. The van der Waals surface area contributed by atoms with Gasteiger partial charge >= 0.3 is 0 Å². The number of hydrogen-bond donors (Lipinski definition) is 1. The number of carbonyl (C=O) groups excluding carboxylic acids is 1. The summed E-state index contributed by atoms with van der Waals surface area (Å²) in [7, 11) is -3.62. The molecule has 1 amide bonds. The van der Waals surface area contributed by atoms with Gasteiger partial charge < -0.3 is 5.32 Å². The number of anilines is 1. The van der Waals surface area contributed by atoms with E-state index in [0.717, 1.165) is 28.9 Å². The van der Waals surface area contributed by atoms with E-state index in [1.165, 1.54) is 9.87 Å². The molecule has 0 unspecified atom stereocenters. The highest BCUT2D eigenvalue weighted by Crippen LogP contribution is 2.27. The third kappa shape index (κ3) is 6.78. The highest BCUT2D eigenvalue weighted by Gasteiger charge is 2.32. The molecule has 0 aliphatic heterocycles. The van der Waals surface area contributed by atoms with Crippen molar-refractivity contribution >= 4 is 33.4 Å². The summed E-state index contributed by atoms with van der Waals surface area (Å²) in [5.74, 6) is 1.38. The van der Waals surface area contributed by atoms with Gasteiger partial charge in [-0.3, -0.25) is 9.10 Å². The fourth-order valence-corrected chi connectivity index (χ4v) is 5.20. The molecule has 5 nitrogen and oxygen atoms in total. The van der Waals surface area contributed by atoms with Crippen molar-refractivity contribution in [3.05, 3.63) is 65.2 Å². The van der Waals surface area contributed by atoms with Crippen LogP contribution in [0.1, 0.15) is 30.0 Å². The third-order valence-electron chi connectivity index (χ3n) is 4.59. The zero-order valence-corrected chi connectivity index (χ0v) is 19.1. The minimum absolute atomic E-state index is 0.265. The van der Waals surface area contributed by atoms with E-state index in [4.69, 9.17) is 0 Å². The topological polar surface area (TPSA) is 66.5 Å². The molecular formula is C22H30N2O3S2. The number of rotatable bonds is 10. The second-order valence-corrected chi connectivity index (χ2v) is 10.1. The summed E-state index contributed by atoms with van der Waals surface area (Å²) in [5.41, 5.74) is 3.58. The van der Waals surface area contributed by atoms with E-state index < -0.39 is 16.1 Å². The predicted octanol–water partition coefficient (Wildman–Crippen LogP) is 3.90. The Morgan fingerprint density at radius 2 is 1.83 bits per heavy atom. The molecule has 0 radical (unpaired) electrons. The van der Waals surface area contributed by atoms with E-state index in [1.54, 1.807) is 11.8 Å². The van der Waals surface area contributed by atoms with Crippen molar-refractivity contribution in [1.29, 1.82) is 0 Å². The molecule has 1 atom stereocenters. The number of thioether (sulfide) groups is 1. The molecule has 0 saturated carbocycles. The zero-order chi connectivity index (χ0) is 21.4. The Hall–Kier alpha value is -1.99. The quantitative estimate of drug-likeness (QED) is 0.576. The fourth-order valence-electron chi connectivity index (χ4n) is 3.12. The van der Waals surface area contributed by atoms with Crippen molar-refractivity contribution in [2.45, 2.75) is 39.0 Å². The number of nitrogens with one attached hydrogen (secondary N) is 1. The van der Waals surface area contributed by atoms with Crippen molar-refractivity contribution in [2.24, 2.45) is 0 Å². The number of carbonyl (C=O) groups is 1. The van der Waals surface area contributed by atoms with E-state index in [0.29, 0.717) is 18.7 Å². The largest absolute Gasteiger partial charge is 0.353 e. The molecule has 29 heavy (non-hydrogen) atoms. The van der Waals surface area contributed by atoms with Gasteiger partial charge in [0, 0.05) is 18.1 Å². The Balaban J connectivity index is 2.04. The average Bonchev–Trinajstić information content (AvgIpc) is 2.67. The van der Waals surface area contributed by atoms with Crippen LogP contribution in [-0.4, -0.2) is 38.9 Å². The summed E-state index contributed by atoms with van der Waals surface area (Å²) in [6.45, 7) is 6.10. The van der Waals surface area contributed by atoms with Crippen LogP contribution in [0.2, 0.25) is 0 Å². The van der Waals surface area contributed by atoms with Gasteiger partial charge in [0.2, 0.25) is 15.9 Å². The van der Waals surface area contributed by atoms with Gasteiger partial charge in [-0.1, -0.05) is 49.4 Å². The Bertz CT molecular complexity index is 915. The van der Waals surface area contributed by atoms with Crippen molar-refractivity contribution < 1.29 is 13.2 Å².